The van der Waals surface area contributed by atoms with Gasteiger partial charge in [-0.25, -0.2) is 4.79 Å². The highest BCUT2D eigenvalue weighted by atomic mass is 16.5. The number of likely N-dealkylation sites (tertiary alicyclic amines) is 1. The molecule has 0 bridgehead atoms. The first kappa shape index (κ1) is 13.0. The lowest BCUT2D eigenvalue weighted by Gasteiger charge is -2.31. The van der Waals surface area contributed by atoms with Crippen LogP contribution in [0.15, 0.2) is 24.5 Å². The highest BCUT2D eigenvalue weighted by Gasteiger charge is 2.20. The van der Waals surface area contributed by atoms with Crippen molar-refractivity contribution in [2.75, 3.05) is 19.7 Å². The molecule has 1 aromatic rings. The monoisotopic (exact) mass is 250 g/mol. The van der Waals surface area contributed by atoms with Crippen LogP contribution >= 0.6 is 0 Å². The molecule has 5 heteroatoms. The number of aromatic nitrogens is 1. The van der Waals surface area contributed by atoms with Crippen LogP contribution in [0.3, 0.4) is 0 Å². The third-order valence-electron chi connectivity index (χ3n) is 3.13. The van der Waals surface area contributed by atoms with Crippen molar-refractivity contribution in [1.29, 1.82) is 0 Å². The zero-order chi connectivity index (χ0) is 12.8. The third kappa shape index (κ3) is 4.09. The highest BCUT2D eigenvalue weighted by molar-refractivity contribution is 5.68. The Morgan fingerprint density at radius 1 is 1.39 bits per heavy atom. The molecule has 1 fully saturated rings. The van der Waals surface area contributed by atoms with E-state index in [1.807, 2.05) is 12.1 Å². The van der Waals surface area contributed by atoms with Crippen molar-refractivity contribution in [2.45, 2.75) is 25.5 Å². The second-order valence-electron chi connectivity index (χ2n) is 4.54. The van der Waals surface area contributed by atoms with E-state index < -0.39 is 5.97 Å². The predicted octanol–water partition coefficient (Wildman–Crippen LogP) is 1.15. The highest BCUT2D eigenvalue weighted by Crippen LogP contribution is 2.15. The van der Waals surface area contributed by atoms with E-state index in [1.54, 1.807) is 12.4 Å². The number of rotatable bonds is 5. The fourth-order valence-electron chi connectivity index (χ4n) is 2.17. The first-order valence-corrected chi connectivity index (χ1v) is 6.18. The molecular formula is C13H18N2O3. The first-order chi connectivity index (χ1) is 8.74. The minimum Gasteiger partial charge on any atom is -0.480 e. The van der Waals surface area contributed by atoms with E-state index in [2.05, 4.69) is 9.88 Å². The molecule has 18 heavy (non-hydrogen) atoms. The van der Waals surface area contributed by atoms with Crippen molar-refractivity contribution < 1.29 is 14.6 Å². The third-order valence-corrected chi connectivity index (χ3v) is 3.13. The molecule has 2 rings (SSSR count). The normalized spacial score (nSPS) is 17.8. The molecule has 1 aliphatic rings. The van der Waals surface area contributed by atoms with Gasteiger partial charge in [-0.1, -0.05) is 0 Å². The molecule has 5 nitrogen and oxygen atoms in total. The fourth-order valence-corrected chi connectivity index (χ4v) is 2.17. The summed E-state index contributed by atoms with van der Waals surface area (Å²) < 4.78 is 5.31. The van der Waals surface area contributed by atoms with Crippen LogP contribution in [0.2, 0.25) is 0 Å². The topological polar surface area (TPSA) is 62.7 Å². The molecule has 2 heterocycles. The molecule has 1 aromatic heterocycles. The molecule has 0 saturated carbocycles. The van der Waals surface area contributed by atoms with Gasteiger partial charge in [0.05, 0.1) is 6.10 Å². The second kappa shape index (κ2) is 6.47. The summed E-state index contributed by atoms with van der Waals surface area (Å²) in [6.07, 6.45) is 5.50. The number of hydrogen-bond acceptors (Lipinski definition) is 4. The number of hydrogen-bond donors (Lipinski definition) is 1. The van der Waals surface area contributed by atoms with Crippen LogP contribution in [0.1, 0.15) is 18.4 Å². The molecule has 1 aliphatic heterocycles. The molecule has 0 radical (unpaired) electrons. The number of carbonyl (C=O) groups is 1. The molecule has 1 N–H and O–H groups in total. The maximum absolute atomic E-state index is 10.4. The fraction of sp³-hybridized carbons (Fsp3) is 0.538. The summed E-state index contributed by atoms with van der Waals surface area (Å²) in [5.41, 5.74) is 1.26. The first-order valence-electron chi connectivity index (χ1n) is 6.18. The van der Waals surface area contributed by atoms with Gasteiger partial charge in [-0.2, -0.15) is 0 Å². The standard InChI is InChI=1S/C13H18N2O3/c16-13(17)10-18-12-3-7-15(8-4-12)9-11-1-5-14-6-2-11/h1-2,5-6,12H,3-4,7-10H2,(H,16,17). The lowest BCUT2D eigenvalue weighted by Crippen LogP contribution is -2.37. The van der Waals surface area contributed by atoms with E-state index >= 15 is 0 Å². The summed E-state index contributed by atoms with van der Waals surface area (Å²) in [5, 5.41) is 8.55. The molecular weight excluding hydrogens is 232 g/mol. The molecule has 1 saturated heterocycles. The zero-order valence-corrected chi connectivity index (χ0v) is 10.3. The van der Waals surface area contributed by atoms with Crippen LogP contribution < -0.4 is 0 Å². The molecule has 0 atom stereocenters. The van der Waals surface area contributed by atoms with Gasteiger partial charge in [-0.15, -0.1) is 0 Å². The zero-order valence-electron chi connectivity index (χ0n) is 10.3. The number of ether oxygens (including phenoxy) is 1. The summed E-state index contributed by atoms with van der Waals surface area (Å²) >= 11 is 0. The SMILES string of the molecule is O=C(O)COC1CCN(Cc2ccncc2)CC1. The number of carboxylic acids is 1. The van der Waals surface area contributed by atoms with Crippen LogP contribution in [0.4, 0.5) is 0 Å². The van der Waals surface area contributed by atoms with Gasteiger partial charge >= 0.3 is 5.97 Å². The lowest BCUT2D eigenvalue weighted by molar-refractivity contribution is -0.145. The number of carboxylic acid groups (broad SMARTS) is 1. The number of piperidine rings is 1. The van der Waals surface area contributed by atoms with Gasteiger partial charge in [0.25, 0.3) is 0 Å². The molecule has 0 unspecified atom stereocenters. The summed E-state index contributed by atoms with van der Waals surface area (Å²) in [6, 6.07) is 4.04. The van der Waals surface area contributed by atoms with E-state index in [0.717, 1.165) is 32.5 Å². The van der Waals surface area contributed by atoms with E-state index in [-0.39, 0.29) is 12.7 Å². The number of aliphatic carboxylic acids is 1. The molecule has 0 aromatic carbocycles. The Balaban J connectivity index is 1.72. The Hall–Kier alpha value is -1.46. The van der Waals surface area contributed by atoms with Crippen molar-refractivity contribution in [1.82, 2.24) is 9.88 Å². The van der Waals surface area contributed by atoms with Crippen molar-refractivity contribution in [3.63, 3.8) is 0 Å². The molecule has 0 amide bonds. The van der Waals surface area contributed by atoms with Gasteiger partial charge in [-0.3, -0.25) is 9.88 Å². The van der Waals surface area contributed by atoms with Crippen LogP contribution in [0.25, 0.3) is 0 Å². The average Bonchev–Trinajstić information content (AvgIpc) is 2.39. The van der Waals surface area contributed by atoms with Crippen molar-refractivity contribution in [3.05, 3.63) is 30.1 Å². The maximum Gasteiger partial charge on any atom is 0.329 e. The van der Waals surface area contributed by atoms with Crippen molar-refractivity contribution in [3.8, 4) is 0 Å². The van der Waals surface area contributed by atoms with Gasteiger partial charge < -0.3 is 9.84 Å². The van der Waals surface area contributed by atoms with Gasteiger partial charge in [0.1, 0.15) is 6.61 Å². The Morgan fingerprint density at radius 3 is 2.67 bits per heavy atom. The molecule has 0 aliphatic carbocycles. The summed E-state index contributed by atoms with van der Waals surface area (Å²) in [7, 11) is 0. The van der Waals surface area contributed by atoms with Gasteiger partial charge in [0, 0.05) is 32.0 Å². The smallest absolute Gasteiger partial charge is 0.329 e. The largest absolute Gasteiger partial charge is 0.480 e. The maximum atomic E-state index is 10.4. The van der Waals surface area contributed by atoms with Crippen LogP contribution in [-0.4, -0.2) is 46.8 Å². The summed E-state index contributed by atoms with van der Waals surface area (Å²) in [5.74, 6) is -0.894. The quantitative estimate of drug-likeness (QED) is 0.849. The molecule has 0 spiro atoms. The van der Waals surface area contributed by atoms with E-state index in [4.69, 9.17) is 9.84 Å². The van der Waals surface area contributed by atoms with E-state index in [0.29, 0.717) is 0 Å². The van der Waals surface area contributed by atoms with Crippen LogP contribution in [0.5, 0.6) is 0 Å². The Bertz CT molecular complexity index is 375. The van der Waals surface area contributed by atoms with E-state index in [1.165, 1.54) is 5.56 Å². The van der Waals surface area contributed by atoms with Gasteiger partial charge in [0.2, 0.25) is 0 Å². The summed E-state index contributed by atoms with van der Waals surface area (Å²) in [6.45, 7) is 2.64. The lowest BCUT2D eigenvalue weighted by atomic mass is 10.1. The summed E-state index contributed by atoms with van der Waals surface area (Å²) in [4.78, 5) is 16.8. The second-order valence-corrected chi connectivity index (χ2v) is 4.54. The number of nitrogens with zero attached hydrogens (tertiary/aromatic N) is 2. The Labute approximate surface area is 106 Å². The minimum atomic E-state index is -0.894. The van der Waals surface area contributed by atoms with Gasteiger partial charge in [-0.05, 0) is 30.5 Å². The van der Waals surface area contributed by atoms with Gasteiger partial charge in [0.15, 0.2) is 0 Å². The molecule has 98 valence electrons. The minimum absolute atomic E-state index is 0.0924. The van der Waals surface area contributed by atoms with Crippen LogP contribution in [0, 0.1) is 0 Å². The Morgan fingerprint density at radius 2 is 2.06 bits per heavy atom. The Kier molecular flexibility index (Phi) is 4.66. The van der Waals surface area contributed by atoms with Crippen molar-refractivity contribution >= 4 is 5.97 Å². The van der Waals surface area contributed by atoms with Crippen molar-refractivity contribution in [2.24, 2.45) is 0 Å². The predicted molar refractivity (Wildman–Crippen MR) is 66.1 cm³/mol. The van der Waals surface area contributed by atoms with E-state index in [9.17, 15) is 4.79 Å². The average molecular weight is 250 g/mol. The number of pyridine rings is 1. The van der Waals surface area contributed by atoms with Crippen LogP contribution in [-0.2, 0) is 16.1 Å².